The maximum Gasteiger partial charge on any atom is 0.173 e. The number of nitriles is 1. The molecule has 0 unspecified atom stereocenters. The standard InChI is InChI=1S/C15H15Cl2FN2O2/c16-12-2-1-9(5-13(12)17)7-22-14(20)6-11-10(3-4-19)15(11,18)8-21/h1-2,5,8,10-11,14H,3,6-7,20H2/t10-,11+,14+,15-/m0/s1. The molecular formula is C15H15Cl2FN2O2. The number of carbonyl (C=O) groups is 1. The second-order valence-electron chi connectivity index (χ2n) is 5.35. The Labute approximate surface area is 137 Å². The SMILES string of the molecule is N#CC[C@H]1[C@@H](C[C@H](N)OCc2ccc(Cl)c(Cl)c2)[C@]1(F)C=O. The highest BCUT2D eigenvalue weighted by Gasteiger charge is 2.66. The van der Waals surface area contributed by atoms with Crippen molar-refractivity contribution in [2.45, 2.75) is 31.3 Å². The fourth-order valence-corrected chi connectivity index (χ4v) is 2.91. The van der Waals surface area contributed by atoms with E-state index >= 15 is 0 Å². The van der Waals surface area contributed by atoms with Gasteiger partial charge in [0, 0.05) is 18.3 Å². The van der Waals surface area contributed by atoms with E-state index in [4.69, 9.17) is 38.9 Å². The summed E-state index contributed by atoms with van der Waals surface area (Å²) in [6.07, 6.45) is -0.272. The number of hydrogen-bond donors (Lipinski definition) is 1. The molecule has 118 valence electrons. The summed E-state index contributed by atoms with van der Waals surface area (Å²) in [7, 11) is 0. The molecule has 22 heavy (non-hydrogen) atoms. The van der Waals surface area contributed by atoms with Gasteiger partial charge in [-0.2, -0.15) is 5.26 Å². The topological polar surface area (TPSA) is 76.1 Å². The first-order chi connectivity index (χ1) is 10.4. The number of rotatable bonds is 7. The lowest BCUT2D eigenvalue weighted by molar-refractivity contribution is -0.114. The van der Waals surface area contributed by atoms with Gasteiger partial charge in [-0.15, -0.1) is 0 Å². The summed E-state index contributed by atoms with van der Waals surface area (Å²) >= 11 is 11.7. The van der Waals surface area contributed by atoms with E-state index < -0.39 is 23.7 Å². The lowest BCUT2D eigenvalue weighted by Gasteiger charge is -2.13. The Morgan fingerprint density at radius 1 is 1.45 bits per heavy atom. The fourth-order valence-electron chi connectivity index (χ4n) is 2.59. The molecule has 1 fully saturated rings. The largest absolute Gasteiger partial charge is 0.359 e. The minimum Gasteiger partial charge on any atom is -0.359 e. The molecule has 2 N–H and O–H groups in total. The Morgan fingerprint density at radius 3 is 2.77 bits per heavy atom. The van der Waals surface area contributed by atoms with Crippen LogP contribution in [0.1, 0.15) is 18.4 Å². The molecular weight excluding hydrogens is 330 g/mol. The van der Waals surface area contributed by atoms with Gasteiger partial charge in [0.25, 0.3) is 0 Å². The summed E-state index contributed by atoms with van der Waals surface area (Å²) in [4.78, 5) is 10.8. The molecule has 0 aromatic heterocycles. The van der Waals surface area contributed by atoms with E-state index in [-0.39, 0.29) is 25.7 Å². The van der Waals surface area contributed by atoms with E-state index in [0.29, 0.717) is 10.0 Å². The highest BCUT2D eigenvalue weighted by atomic mass is 35.5. The summed E-state index contributed by atoms with van der Waals surface area (Å²) < 4.78 is 19.6. The second-order valence-corrected chi connectivity index (χ2v) is 6.17. The monoisotopic (exact) mass is 344 g/mol. The van der Waals surface area contributed by atoms with Crippen LogP contribution in [-0.4, -0.2) is 18.2 Å². The number of halogens is 3. The number of carbonyl (C=O) groups excluding carboxylic acids is 1. The van der Waals surface area contributed by atoms with Crippen molar-refractivity contribution in [3.8, 4) is 6.07 Å². The van der Waals surface area contributed by atoms with E-state index in [9.17, 15) is 9.18 Å². The van der Waals surface area contributed by atoms with Gasteiger partial charge in [-0.05, 0) is 24.1 Å². The number of alkyl halides is 1. The van der Waals surface area contributed by atoms with Gasteiger partial charge in [0.1, 0.15) is 6.23 Å². The molecule has 0 aliphatic heterocycles. The van der Waals surface area contributed by atoms with Gasteiger partial charge in [0.2, 0.25) is 0 Å². The minimum absolute atomic E-state index is 0.000576. The van der Waals surface area contributed by atoms with Crippen LogP contribution in [0.3, 0.4) is 0 Å². The van der Waals surface area contributed by atoms with Crippen LogP contribution in [0.4, 0.5) is 4.39 Å². The van der Waals surface area contributed by atoms with Crippen molar-refractivity contribution < 1.29 is 13.9 Å². The highest BCUT2D eigenvalue weighted by molar-refractivity contribution is 6.42. The van der Waals surface area contributed by atoms with Crippen molar-refractivity contribution in [2.24, 2.45) is 17.6 Å². The summed E-state index contributed by atoms with van der Waals surface area (Å²) in [6, 6.07) is 6.95. The van der Waals surface area contributed by atoms with Crippen LogP contribution >= 0.6 is 23.2 Å². The van der Waals surface area contributed by atoms with E-state index in [0.717, 1.165) is 5.56 Å². The lowest BCUT2D eigenvalue weighted by atomic mass is 10.2. The van der Waals surface area contributed by atoms with Gasteiger partial charge >= 0.3 is 0 Å². The van der Waals surface area contributed by atoms with Crippen molar-refractivity contribution in [2.75, 3.05) is 0 Å². The average molecular weight is 345 g/mol. The van der Waals surface area contributed by atoms with Crippen LogP contribution in [0, 0.1) is 23.2 Å². The van der Waals surface area contributed by atoms with Gasteiger partial charge < -0.3 is 10.5 Å². The van der Waals surface area contributed by atoms with Gasteiger partial charge in [0.05, 0.1) is 22.7 Å². The van der Waals surface area contributed by atoms with E-state index in [1.807, 2.05) is 6.07 Å². The first kappa shape index (κ1) is 17.2. The maximum absolute atomic E-state index is 14.1. The predicted octanol–water partition coefficient (Wildman–Crippen LogP) is 3.25. The van der Waals surface area contributed by atoms with Crippen LogP contribution in [0.2, 0.25) is 10.0 Å². The molecule has 0 amide bonds. The van der Waals surface area contributed by atoms with E-state index in [1.165, 1.54) is 0 Å². The number of hydrogen-bond acceptors (Lipinski definition) is 4. The molecule has 4 nitrogen and oxygen atoms in total. The van der Waals surface area contributed by atoms with Crippen LogP contribution in [0.15, 0.2) is 18.2 Å². The number of benzene rings is 1. The normalized spacial score (nSPS) is 28.0. The van der Waals surface area contributed by atoms with Crippen LogP contribution < -0.4 is 5.73 Å². The third kappa shape index (κ3) is 3.58. The molecule has 1 aliphatic carbocycles. The van der Waals surface area contributed by atoms with Crippen molar-refractivity contribution in [1.29, 1.82) is 5.26 Å². The van der Waals surface area contributed by atoms with Gasteiger partial charge in [-0.1, -0.05) is 29.3 Å². The first-order valence-electron chi connectivity index (χ1n) is 6.75. The third-order valence-electron chi connectivity index (χ3n) is 3.94. The molecule has 7 heteroatoms. The molecule has 0 saturated heterocycles. The zero-order valence-corrected chi connectivity index (χ0v) is 13.1. The number of ether oxygens (including phenoxy) is 1. The number of aldehydes is 1. The first-order valence-corrected chi connectivity index (χ1v) is 7.51. The summed E-state index contributed by atoms with van der Waals surface area (Å²) in [5.41, 5.74) is 4.66. The Kier molecular flexibility index (Phi) is 5.41. The van der Waals surface area contributed by atoms with Crippen molar-refractivity contribution in [1.82, 2.24) is 0 Å². The van der Waals surface area contributed by atoms with Crippen molar-refractivity contribution in [3.05, 3.63) is 33.8 Å². The lowest BCUT2D eigenvalue weighted by Crippen LogP contribution is -2.25. The van der Waals surface area contributed by atoms with Gasteiger partial charge in [-0.25, -0.2) is 4.39 Å². The quantitative estimate of drug-likeness (QED) is 0.608. The van der Waals surface area contributed by atoms with E-state index in [1.54, 1.807) is 18.2 Å². The molecule has 2 rings (SSSR count). The molecule has 0 spiro atoms. The highest BCUT2D eigenvalue weighted by Crippen LogP contribution is 2.56. The van der Waals surface area contributed by atoms with Crippen LogP contribution in [-0.2, 0) is 16.1 Å². The smallest absolute Gasteiger partial charge is 0.173 e. The Morgan fingerprint density at radius 2 is 2.18 bits per heavy atom. The number of nitrogens with two attached hydrogens (primary N) is 1. The Hall–Kier alpha value is -1.19. The zero-order valence-electron chi connectivity index (χ0n) is 11.6. The van der Waals surface area contributed by atoms with Crippen molar-refractivity contribution in [3.63, 3.8) is 0 Å². The fraction of sp³-hybridized carbons (Fsp3) is 0.467. The van der Waals surface area contributed by atoms with Crippen LogP contribution in [0.25, 0.3) is 0 Å². The minimum atomic E-state index is -1.94. The Bertz CT molecular complexity index is 608. The van der Waals surface area contributed by atoms with Gasteiger partial charge in [-0.3, -0.25) is 4.79 Å². The molecule has 1 aliphatic rings. The zero-order chi connectivity index (χ0) is 16.3. The molecule has 4 atom stereocenters. The second kappa shape index (κ2) is 6.93. The third-order valence-corrected chi connectivity index (χ3v) is 4.68. The molecule has 1 aromatic carbocycles. The molecule has 1 saturated carbocycles. The summed E-state index contributed by atoms with van der Waals surface area (Å²) in [5, 5.41) is 9.50. The van der Waals surface area contributed by atoms with E-state index in [2.05, 4.69) is 0 Å². The number of nitrogens with zero attached hydrogens (tertiary/aromatic N) is 1. The molecule has 1 aromatic rings. The average Bonchev–Trinajstić information content (AvgIpc) is 3.05. The predicted molar refractivity (Wildman–Crippen MR) is 81.0 cm³/mol. The Balaban J connectivity index is 1.86. The molecule has 0 bridgehead atoms. The molecule has 0 heterocycles. The van der Waals surface area contributed by atoms with Crippen LogP contribution in [0.5, 0.6) is 0 Å². The summed E-state index contributed by atoms with van der Waals surface area (Å²) in [6.45, 7) is 0.202. The summed E-state index contributed by atoms with van der Waals surface area (Å²) in [5.74, 6) is -1.15. The molecule has 0 radical (unpaired) electrons. The maximum atomic E-state index is 14.1. The van der Waals surface area contributed by atoms with Gasteiger partial charge in [0.15, 0.2) is 12.0 Å². The van der Waals surface area contributed by atoms with Crippen molar-refractivity contribution >= 4 is 29.5 Å².